The van der Waals surface area contributed by atoms with Crippen molar-refractivity contribution < 1.29 is 14.9 Å². The normalized spacial score (nSPS) is 22.7. The van der Waals surface area contributed by atoms with Crippen molar-refractivity contribution in [3.8, 4) is 5.75 Å². The summed E-state index contributed by atoms with van der Waals surface area (Å²) in [4.78, 5) is 2.20. The molecular formula is C16H25NO3. The number of hydrogen-bond donors (Lipinski definition) is 2. The molecule has 1 aliphatic rings. The van der Waals surface area contributed by atoms with E-state index < -0.39 is 6.10 Å². The molecule has 3 atom stereocenters. The highest BCUT2D eigenvalue weighted by molar-refractivity contribution is 5.31. The molecule has 2 N–H and O–H groups in total. The van der Waals surface area contributed by atoms with Crippen LogP contribution in [0.5, 0.6) is 5.75 Å². The monoisotopic (exact) mass is 279 g/mol. The Hall–Kier alpha value is -1.10. The van der Waals surface area contributed by atoms with Gasteiger partial charge in [-0.25, -0.2) is 0 Å². The molecule has 1 fully saturated rings. The van der Waals surface area contributed by atoms with Gasteiger partial charge in [-0.15, -0.1) is 0 Å². The second kappa shape index (κ2) is 7.07. The molecule has 0 radical (unpaired) electrons. The number of hydrogen-bond acceptors (Lipinski definition) is 4. The van der Waals surface area contributed by atoms with Crippen LogP contribution in [0.25, 0.3) is 0 Å². The topological polar surface area (TPSA) is 52.9 Å². The standard InChI is InChI=1S/C16H25NO3/c1-12-5-3-4-6-16(12)20-11-15(19)10-17-8-7-14(9-17)13(2)18/h3-6,13-15,18-19H,7-11H2,1-2H3. The first-order valence-corrected chi connectivity index (χ1v) is 7.33. The molecule has 1 aromatic carbocycles. The van der Waals surface area contributed by atoms with Crippen LogP contribution in [0.3, 0.4) is 0 Å². The summed E-state index contributed by atoms with van der Waals surface area (Å²) in [5.41, 5.74) is 1.08. The van der Waals surface area contributed by atoms with Gasteiger partial charge >= 0.3 is 0 Å². The zero-order chi connectivity index (χ0) is 14.5. The van der Waals surface area contributed by atoms with Crippen LogP contribution in [0, 0.1) is 12.8 Å². The summed E-state index contributed by atoms with van der Waals surface area (Å²) in [5, 5.41) is 19.6. The largest absolute Gasteiger partial charge is 0.491 e. The van der Waals surface area contributed by atoms with E-state index in [0.717, 1.165) is 30.8 Å². The summed E-state index contributed by atoms with van der Waals surface area (Å²) in [6, 6.07) is 7.82. The Morgan fingerprint density at radius 1 is 1.35 bits per heavy atom. The predicted octanol–water partition coefficient (Wildman–Crippen LogP) is 1.44. The van der Waals surface area contributed by atoms with Gasteiger partial charge in [0.05, 0.1) is 6.10 Å². The molecule has 0 aliphatic carbocycles. The quantitative estimate of drug-likeness (QED) is 0.827. The number of ether oxygens (including phenoxy) is 1. The third-order valence-corrected chi connectivity index (χ3v) is 3.98. The van der Waals surface area contributed by atoms with Gasteiger partial charge < -0.3 is 19.8 Å². The Morgan fingerprint density at radius 3 is 2.75 bits per heavy atom. The molecule has 0 aromatic heterocycles. The maximum absolute atomic E-state index is 10.1. The molecule has 0 spiro atoms. The minimum atomic E-state index is -0.498. The van der Waals surface area contributed by atoms with Gasteiger partial charge in [0, 0.05) is 13.1 Å². The number of benzene rings is 1. The number of aliphatic hydroxyl groups excluding tert-OH is 2. The van der Waals surface area contributed by atoms with Crippen molar-refractivity contribution in [1.29, 1.82) is 0 Å². The summed E-state index contributed by atoms with van der Waals surface area (Å²) in [6.07, 6.45) is 0.242. The number of likely N-dealkylation sites (tertiary alicyclic amines) is 1. The third-order valence-electron chi connectivity index (χ3n) is 3.98. The number of aryl methyl sites for hydroxylation is 1. The fourth-order valence-electron chi connectivity index (χ4n) is 2.68. The first-order chi connectivity index (χ1) is 9.56. The Balaban J connectivity index is 1.74. The Bertz CT molecular complexity index is 422. The smallest absolute Gasteiger partial charge is 0.122 e. The van der Waals surface area contributed by atoms with E-state index in [1.165, 1.54) is 0 Å². The van der Waals surface area contributed by atoms with E-state index in [2.05, 4.69) is 4.90 Å². The summed E-state index contributed by atoms with van der Waals surface area (Å²) in [6.45, 7) is 6.55. The van der Waals surface area contributed by atoms with E-state index >= 15 is 0 Å². The van der Waals surface area contributed by atoms with Crippen molar-refractivity contribution in [1.82, 2.24) is 4.90 Å². The van der Waals surface area contributed by atoms with Gasteiger partial charge in [-0.2, -0.15) is 0 Å². The predicted molar refractivity (Wildman–Crippen MR) is 78.9 cm³/mol. The van der Waals surface area contributed by atoms with Gasteiger partial charge in [0.1, 0.15) is 18.5 Å². The molecule has 4 heteroatoms. The molecule has 1 saturated heterocycles. The van der Waals surface area contributed by atoms with Crippen LogP contribution in [-0.4, -0.2) is 53.6 Å². The van der Waals surface area contributed by atoms with E-state index in [1.54, 1.807) is 0 Å². The summed E-state index contributed by atoms with van der Waals surface area (Å²) in [5.74, 6) is 1.16. The highest BCUT2D eigenvalue weighted by atomic mass is 16.5. The Kier molecular flexibility index (Phi) is 5.40. The highest BCUT2D eigenvalue weighted by Crippen LogP contribution is 2.20. The average molecular weight is 279 g/mol. The first kappa shape index (κ1) is 15.3. The lowest BCUT2D eigenvalue weighted by atomic mass is 10.0. The van der Waals surface area contributed by atoms with Crippen LogP contribution in [-0.2, 0) is 0 Å². The lowest BCUT2D eigenvalue weighted by Gasteiger charge is -2.21. The van der Waals surface area contributed by atoms with E-state index in [0.29, 0.717) is 19.1 Å². The molecular weight excluding hydrogens is 254 g/mol. The number of rotatable bonds is 6. The van der Waals surface area contributed by atoms with Gasteiger partial charge in [0.25, 0.3) is 0 Å². The fraction of sp³-hybridized carbons (Fsp3) is 0.625. The van der Waals surface area contributed by atoms with E-state index in [4.69, 9.17) is 4.74 Å². The van der Waals surface area contributed by atoms with Crippen LogP contribution in [0.15, 0.2) is 24.3 Å². The van der Waals surface area contributed by atoms with Crippen LogP contribution in [0.1, 0.15) is 18.9 Å². The van der Waals surface area contributed by atoms with Crippen molar-refractivity contribution in [3.05, 3.63) is 29.8 Å². The van der Waals surface area contributed by atoms with Crippen molar-refractivity contribution in [3.63, 3.8) is 0 Å². The van der Waals surface area contributed by atoms with E-state index in [-0.39, 0.29) is 6.10 Å². The van der Waals surface area contributed by atoms with Gasteiger partial charge in [-0.1, -0.05) is 18.2 Å². The zero-order valence-electron chi connectivity index (χ0n) is 12.3. The van der Waals surface area contributed by atoms with E-state index in [1.807, 2.05) is 38.1 Å². The minimum Gasteiger partial charge on any atom is -0.491 e. The maximum Gasteiger partial charge on any atom is 0.122 e. The van der Waals surface area contributed by atoms with Crippen molar-refractivity contribution in [2.75, 3.05) is 26.2 Å². The number of β-amino-alcohol motifs (C(OH)–C–C–N with tert-alkyl or cyclic N) is 1. The Morgan fingerprint density at radius 2 is 2.10 bits per heavy atom. The molecule has 1 heterocycles. The molecule has 1 aliphatic heterocycles. The second-order valence-electron chi connectivity index (χ2n) is 5.78. The zero-order valence-corrected chi connectivity index (χ0v) is 12.3. The molecule has 1 aromatic rings. The molecule has 2 rings (SSSR count). The van der Waals surface area contributed by atoms with Gasteiger partial charge in [0.2, 0.25) is 0 Å². The molecule has 0 bridgehead atoms. The fourth-order valence-corrected chi connectivity index (χ4v) is 2.68. The molecule has 4 nitrogen and oxygen atoms in total. The second-order valence-corrected chi connectivity index (χ2v) is 5.78. The third kappa shape index (κ3) is 4.20. The Labute approximate surface area is 121 Å². The summed E-state index contributed by atoms with van der Waals surface area (Å²) < 4.78 is 5.66. The molecule has 0 amide bonds. The van der Waals surface area contributed by atoms with Gasteiger partial charge in [-0.3, -0.25) is 0 Å². The summed E-state index contributed by atoms with van der Waals surface area (Å²) >= 11 is 0. The summed E-state index contributed by atoms with van der Waals surface area (Å²) in [7, 11) is 0. The number of aliphatic hydroxyl groups is 2. The van der Waals surface area contributed by atoms with Gasteiger partial charge in [-0.05, 0) is 44.4 Å². The molecule has 0 saturated carbocycles. The van der Waals surface area contributed by atoms with Crippen LogP contribution in [0.4, 0.5) is 0 Å². The first-order valence-electron chi connectivity index (χ1n) is 7.33. The van der Waals surface area contributed by atoms with Crippen molar-refractivity contribution in [2.45, 2.75) is 32.5 Å². The SMILES string of the molecule is Cc1ccccc1OCC(O)CN1CCC(C(C)O)C1. The average Bonchev–Trinajstić information content (AvgIpc) is 2.86. The number of nitrogens with zero attached hydrogens (tertiary/aromatic N) is 1. The number of para-hydroxylation sites is 1. The van der Waals surface area contributed by atoms with Crippen LogP contribution in [0.2, 0.25) is 0 Å². The van der Waals surface area contributed by atoms with Crippen molar-refractivity contribution >= 4 is 0 Å². The lowest BCUT2D eigenvalue weighted by Crippen LogP contribution is -2.35. The van der Waals surface area contributed by atoms with Crippen molar-refractivity contribution in [2.24, 2.45) is 5.92 Å². The lowest BCUT2D eigenvalue weighted by molar-refractivity contribution is 0.0694. The molecule has 3 unspecified atom stereocenters. The van der Waals surface area contributed by atoms with Crippen LogP contribution >= 0.6 is 0 Å². The maximum atomic E-state index is 10.1. The molecule has 20 heavy (non-hydrogen) atoms. The van der Waals surface area contributed by atoms with Gasteiger partial charge in [0.15, 0.2) is 0 Å². The van der Waals surface area contributed by atoms with E-state index in [9.17, 15) is 10.2 Å². The molecule has 112 valence electrons. The minimum absolute atomic E-state index is 0.264. The van der Waals surface area contributed by atoms with Crippen LogP contribution < -0.4 is 4.74 Å². The highest BCUT2D eigenvalue weighted by Gasteiger charge is 2.27.